The van der Waals surface area contributed by atoms with Crippen molar-refractivity contribution >= 4 is 34.4 Å². The summed E-state index contributed by atoms with van der Waals surface area (Å²) in [5.74, 6) is 0.0889. The monoisotopic (exact) mass is 334 g/mol. The Bertz CT molecular complexity index is 805. The van der Waals surface area contributed by atoms with Crippen LogP contribution in [0.5, 0.6) is 0 Å². The number of aromatic nitrogens is 2. The van der Waals surface area contributed by atoms with Gasteiger partial charge < -0.3 is 9.26 Å². The first-order chi connectivity index (χ1) is 10.6. The molecule has 0 unspecified atom stereocenters. The number of ketones is 1. The van der Waals surface area contributed by atoms with Crippen molar-refractivity contribution in [1.29, 1.82) is 0 Å². The van der Waals surface area contributed by atoms with E-state index in [9.17, 15) is 9.59 Å². The Morgan fingerprint density at radius 2 is 2.09 bits per heavy atom. The summed E-state index contributed by atoms with van der Waals surface area (Å²) >= 11 is 2.59. The van der Waals surface area contributed by atoms with Gasteiger partial charge in [0, 0.05) is 0 Å². The molecule has 8 heteroatoms. The minimum absolute atomic E-state index is 0.0819. The van der Waals surface area contributed by atoms with Crippen LogP contribution < -0.4 is 0 Å². The first-order valence-electron chi connectivity index (χ1n) is 6.28. The SMILES string of the molecule is CC(=O)c1ccc(C(=O)OCc2nc(-c3cccs3)no2)s1. The van der Waals surface area contributed by atoms with Gasteiger partial charge >= 0.3 is 5.97 Å². The molecule has 3 rings (SSSR count). The number of thiophene rings is 2. The number of rotatable bonds is 5. The van der Waals surface area contributed by atoms with Crippen molar-refractivity contribution in [3.63, 3.8) is 0 Å². The van der Waals surface area contributed by atoms with Crippen LogP contribution in [0.1, 0.15) is 32.2 Å². The molecule has 0 saturated carbocycles. The van der Waals surface area contributed by atoms with Crippen LogP contribution in [-0.2, 0) is 11.3 Å². The molecule has 0 N–H and O–H groups in total. The predicted octanol–water partition coefficient (Wildman–Crippen LogP) is 3.42. The van der Waals surface area contributed by atoms with Crippen molar-refractivity contribution in [3.8, 4) is 10.7 Å². The number of carbonyl (C=O) groups is 2. The summed E-state index contributed by atoms with van der Waals surface area (Å²) in [6, 6.07) is 6.93. The highest BCUT2D eigenvalue weighted by atomic mass is 32.1. The third kappa shape index (κ3) is 3.12. The fourth-order valence-electron chi connectivity index (χ4n) is 1.65. The van der Waals surface area contributed by atoms with E-state index >= 15 is 0 Å². The van der Waals surface area contributed by atoms with Gasteiger partial charge in [0.05, 0.1) is 9.75 Å². The van der Waals surface area contributed by atoms with Crippen molar-refractivity contribution < 1.29 is 18.8 Å². The molecule has 0 aliphatic rings. The second-order valence-corrected chi connectivity index (χ2v) is 6.32. The molecule has 0 aliphatic heterocycles. The topological polar surface area (TPSA) is 82.3 Å². The fraction of sp³-hybridized carbons (Fsp3) is 0.143. The highest BCUT2D eigenvalue weighted by molar-refractivity contribution is 7.15. The summed E-state index contributed by atoms with van der Waals surface area (Å²) in [6.07, 6.45) is 0. The lowest BCUT2D eigenvalue weighted by Gasteiger charge is -1.98. The number of Topliss-reactive ketones (excluding diaryl/α,β-unsaturated/α-hetero) is 1. The summed E-state index contributed by atoms with van der Waals surface area (Å²) in [4.78, 5) is 29.0. The van der Waals surface area contributed by atoms with Crippen LogP contribution in [0.2, 0.25) is 0 Å². The summed E-state index contributed by atoms with van der Waals surface area (Å²) in [5.41, 5.74) is 0. The molecular formula is C14H10N2O4S2. The van der Waals surface area contributed by atoms with Gasteiger partial charge in [-0.2, -0.15) is 4.98 Å². The molecule has 112 valence electrons. The number of hydrogen-bond donors (Lipinski definition) is 0. The van der Waals surface area contributed by atoms with Gasteiger partial charge in [-0.25, -0.2) is 4.79 Å². The molecule has 0 bridgehead atoms. The van der Waals surface area contributed by atoms with E-state index in [-0.39, 0.29) is 18.3 Å². The molecule has 0 amide bonds. The molecule has 0 saturated heterocycles. The smallest absolute Gasteiger partial charge is 0.348 e. The molecule has 22 heavy (non-hydrogen) atoms. The lowest BCUT2D eigenvalue weighted by molar-refractivity contribution is 0.0435. The van der Waals surface area contributed by atoms with Gasteiger partial charge in [-0.3, -0.25) is 4.79 Å². The first kappa shape index (κ1) is 14.6. The molecule has 0 radical (unpaired) electrons. The van der Waals surface area contributed by atoms with E-state index in [0.717, 1.165) is 16.2 Å². The first-order valence-corrected chi connectivity index (χ1v) is 7.97. The van der Waals surface area contributed by atoms with Crippen LogP contribution in [0, 0.1) is 0 Å². The molecule has 0 aromatic carbocycles. The second-order valence-electron chi connectivity index (χ2n) is 4.29. The van der Waals surface area contributed by atoms with E-state index in [1.165, 1.54) is 18.3 Å². The van der Waals surface area contributed by atoms with Gasteiger partial charge in [0.15, 0.2) is 12.4 Å². The normalized spacial score (nSPS) is 10.6. The zero-order valence-electron chi connectivity index (χ0n) is 11.4. The van der Waals surface area contributed by atoms with Gasteiger partial charge in [-0.1, -0.05) is 11.2 Å². The minimum atomic E-state index is -0.520. The third-order valence-electron chi connectivity index (χ3n) is 2.69. The van der Waals surface area contributed by atoms with E-state index in [1.54, 1.807) is 12.1 Å². The van der Waals surface area contributed by atoms with Crippen molar-refractivity contribution in [2.24, 2.45) is 0 Å². The maximum absolute atomic E-state index is 11.9. The van der Waals surface area contributed by atoms with Crippen molar-refractivity contribution in [1.82, 2.24) is 10.1 Å². The van der Waals surface area contributed by atoms with Crippen LogP contribution in [0.15, 0.2) is 34.2 Å². The summed E-state index contributed by atoms with van der Waals surface area (Å²) in [6.45, 7) is 1.34. The molecule has 0 aliphatic carbocycles. The highest BCUT2D eigenvalue weighted by Gasteiger charge is 2.15. The van der Waals surface area contributed by atoms with Crippen LogP contribution >= 0.6 is 22.7 Å². The maximum atomic E-state index is 11.9. The lowest BCUT2D eigenvalue weighted by atomic mass is 10.3. The standard InChI is InChI=1S/C14H10N2O4S2/c1-8(17)9-4-5-11(22-9)14(18)19-7-12-15-13(16-20-12)10-3-2-6-21-10/h2-6H,7H2,1H3. The summed E-state index contributed by atoms with van der Waals surface area (Å²) in [5, 5.41) is 5.74. The molecule has 3 aromatic rings. The molecule has 0 fully saturated rings. The van der Waals surface area contributed by atoms with Gasteiger partial charge in [-0.05, 0) is 30.5 Å². The Labute approximate surface area is 133 Å². The molecule has 0 atom stereocenters. The quantitative estimate of drug-likeness (QED) is 0.525. The minimum Gasteiger partial charge on any atom is -0.451 e. The Hall–Kier alpha value is -2.32. The van der Waals surface area contributed by atoms with Crippen LogP contribution in [0.3, 0.4) is 0 Å². The van der Waals surface area contributed by atoms with E-state index in [2.05, 4.69) is 10.1 Å². The van der Waals surface area contributed by atoms with E-state index in [0.29, 0.717) is 15.6 Å². The second kappa shape index (κ2) is 6.20. The van der Waals surface area contributed by atoms with Crippen LogP contribution in [-0.4, -0.2) is 21.9 Å². The number of ether oxygens (including phenoxy) is 1. The van der Waals surface area contributed by atoms with Crippen molar-refractivity contribution in [2.45, 2.75) is 13.5 Å². The Balaban J connectivity index is 1.62. The number of esters is 1. The third-order valence-corrected chi connectivity index (χ3v) is 4.72. The van der Waals surface area contributed by atoms with Crippen molar-refractivity contribution in [3.05, 3.63) is 45.3 Å². The van der Waals surface area contributed by atoms with Gasteiger partial charge in [0.1, 0.15) is 4.88 Å². The predicted molar refractivity (Wildman–Crippen MR) is 81.1 cm³/mol. The lowest BCUT2D eigenvalue weighted by Crippen LogP contribution is -2.03. The molecule has 6 nitrogen and oxygen atoms in total. The van der Waals surface area contributed by atoms with Crippen LogP contribution in [0.4, 0.5) is 0 Å². The molecule has 0 spiro atoms. The number of hydrogen-bond acceptors (Lipinski definition) is 8. The average Bonchev–Trinajstić information content (AvgIpc) is 3.23. The number of nitrogens with zero attached hydrogens (tertiary/aromatic N) is 2. The molecular weight excluding hydrogens is 324 g/mol. The Morgan fingerprint density at radius 3 is 2.77 bits per heavy atom. The maximum Gasteiger partial charge on any atom is 0.348 e. The van der Waals surface area contributed by atoms with Crippen molar-refractivity contribution in [2.75, 3.05) is 0 Å². The average molecular weight is 334 g/mol. The summed E-state index contributed by atoms with van der Waals surface area (Å²) in [7, 11) is 0. The van der Waals surface area contributed by atoms with Gasteiger partial charge in [0.2, 0.25) is 5.82 Å². The van der Waals surface area contributed by atoms with E-state index < -0.39 is 5.97 Å². The highest BCUT2D eigenvalue weighted by Crippen LogP contribution is 2.22. The fourth-order valence-corrected chi connectivity index (χ4v) is 3.10. The number of carbonyl (C=O) groups excluding carboxylic acids is 2. The summed E-state index contributed by atoms with van der Waals surface area (Å²) < 4.78 is 10.1. The van der Waals surface area contributed by atoms with Crippen LogP contribution in [0.25, 0.3) is 10.7 Å². The van der Waals surface area contributed by atoms with E-state index in [4.69, 9.17) is 9.26 Å². The molecule has 3 aromatic heterocycles. The Kier molecular flexibility index (Phi) is 4.12. The van der Waals surface area contributed by atoms with E-state index in [1.807, 2.05) is 17.5 Å². The van der Waals surface area contributed by atoms with Gasteiger partial charge in [0.25, 0.3) is 5.89 Å². The van der Waals surface area contributed by atoms with Gasteiger partial charge in [-0.15, -0.1) is 22.7 Å². The zero-order valence-corrected chi connectivity index (χ0v) is 13.1. The largest absolute Gasteiger partial charge is 0.451 e. The zero-order chi connectivity index (χ0) is 15.5. The Morgan fingerprint density at radius 1 is 1.27 bits per heavy atom. The molecule has 3 heterocycles.